The Bertz CT molecular complexity index is 616. The topological polar surface area (TPSA) is 81.4 Å². The third-order valence-electron chi connectivity index (χ3n) is 4.26. The van der Waals surface area contributed by atoms with Gasteiger partial charge in [-0.2, -0.15) is 0 Å². The fourth-order valence-corrected chi connectivity index (χ4v) is 2.71. The normalized spacial score (nSPS) is 12.9. The number of amides is 1. The standard InChI is InChI=1S/C20H30N2O3/c1-6-25-18(23)12-11-17(13(2)3)15(5)19(21)20(24)22-16-9-7-14(4)8-10-16/h7-10,15,19H,6,11-12,21H2,1-5H3,(H,22,24). The Balaban J connectivity index is 2.74. The zero-order valence-electron chi connectivity index (χ0n) is 15.9. The van der Waals surface area contributed by atoms with E-state index in [1.807, 2.05) is 52.0 Å². The van der Waals surface area contributed by atoms with Crippen LogP contribution in [0.15, 0.2) is 35.4 Å². The maximum Gasteiger partial charge on any atom is 0.306 e. The Labute approximate surface area is 150 Å². The average Bonchev–Trinajstić information content (AvgIpc) is 2.56. The molecule has 2 unspecified atom stereocenters. The molecule has 0 bridgehead atoms. The summed E-state index contributed by atoms with van der Waals surface area (Å²) in [4.78, 5) is 24.1. The first-order valence-corrected chi connectivity index (χ1v) is 8.71. The molecule has 0 aromatic heterocycles. The van der Waals surface area contributed by atoms with Gasteiger partial charge in [-0.15, -0.1) is 0 Å². The predicted octanol–water partition coefficient (Wildman–Crippen LogP) is 3.58. The molecule has 0 heterocycles. The summed E-state index contributed by atoms with van der Waals surface area (Å²) in [5.41, 5.74) is 10.1. The fraction of sp³-hybridized carbons (Fsp3) is 0.500. The molecule has 138 valence electrons. The molecule has 0 aliphatic heterocycles. The van der Waals surface area contributed by atoms with Gasteiger partial charge >= 0.3 is 5.97 Å². The number of esters is 1. The number of allylic oxidation sites excluding steroid dienone is 1. The van der Waals surface area contributed by atoms with Crippen LogP contribution in [-0.4, -0.2) is 24.5 Å². The summed E-state index contributed by atoms with van der Waals surface area (Å²) in [7, 11) is 0. The molecule has 2 atom stereocenters. The van der Waals surface area contributed by atoms with E-state index in [1.165, 1.54) is 0 Å². The Morgan fingerprint density at radius 3 is 2.28 bits per heavy atom. The largest absolute Gasteiger partial charge is 0.466 e. The van der Waals surface area contributed by atoms with Gasteiger partial charge in [-0.05, 0) is 46.2 Å². The molecule has 0 aliphatic rings. The lowest BCUT2D eigenvalue weighted by atomic mass is 9.87. The van der Waals surface area contributed by atoms with Crippen molar-refractivity contribution in [1.82, 2.24) is 0 Å². The highest BCUT2D eigenvalue weighted by molar-refractivity contribution is 5.95. The van der Waals surface area contributed by atoms with E-state index in [2.05, 4.69) is 5.32 Å². The maximum absolute atomic E-state index is 12.5. The van der Waals surface area contributed by atoms with Crippen LogP contribution in [0.3, 0.4) is 0 Å². The first-order valence-electron chi connectivity index (χ1n) is 8.71. The quantitative estimate of drug-likeness (QED) is 0.557. The molecule has 1 amide bonds. The number of carbonyl (C=O) groups is 2. The van der Waals surface area contributed by atoms with Gasteiger partial charge in [-0.25, -0.2) is 0 Å². The second kappa shape index (κ2) is 9.99. The Kier molecular flexibility index (Phi) is 8.35. The van der Waals surface area contributed by atoms with Crippen molar-refractivity contribution < 1.29 is 14.3 Å². The van der Waals surface area contributed by atoms with E-state index in [4.69, 9.17) is 10.5 Å². The van der Waals surface area contributed by atoms with Crippen LogP contribution in [0.1, 0.15) is 46.1 Å². The van der Waals surface area contributed by atoms with Crippen LogP contribution in [0.2, 0.25) is 0 Å². The van der Waals surface area contributed by atoms with Gasteiger partial charge in [0.2, 0.25) is 5.91 Å². The van der Waals surface area contributed by atoms with Gasteiger partial charge < -0.3 is 15.8 Å². The average molecular weight is 346 g/mol. The molecule has 5 heteroatoms. The van der Waals surface area contributed by atoms with E-state index in [-0.39, 0.29) is 17.8 Å². The van der Waals surface area contributed by atoms with Crippen LogP contribution in [0.4, 0.5) is 5.69 Å². The number of benzene rings is 1. The highest BCUT2D eigenvalue weighted by Crippen LogP contribution is 2.24. The van der Waals surface area contributed by atoms with Crippen LogP contribution in [-0.2, 0) is 14.3 Å². The lowest BCUT2D eigenvalue weighted by Crippen LogP contribution is -2.41. The molecule has 0 spiro atoms. The number of hydrogen-bond acceptors (Lipinski definition) is 4. The van der Waals surface area contributed by atoms with Crippen LogP contribution in [0, 0.1) is 12.8 Å². The minimum Gasteiger partial charge on any atom is -0.466 e. The zero-order chi connectivity index (χ0) is 19.0. The summed E-state index contributed by atoms with van der Waals surface area (Å²) in [6.45, 7) is 10.0. The summed E-state index contributed by atoms with van der Waals surface area (Å²) >= 11 is 0. The van der Waals surface area contributed by atoms with Gasteiger partial charge in [0.25, 0.3) is 0 Å². The summed E-state index contributed by atoms with van der Waals surface area (Å²) in [6, 6.07) is 6.89. The highest BCUT2D eigenvalue weighted by atomic mass is 16.5. The lowest BCUT2D eigenvalue weighted by molar-refractivity contribution is -0.143. The summed E-state index contributed by atoms with van der Waals surface area (Å²) in [6.07, 6.45) is 0.846. The first-order chi connectivity index (χ1) is 11.8. The number of nitrogens with two attached hydrogens (primary N) is 1. The number of anilines is 1. The molecule has 0 fully saturated rings. The first kappa shape index (κ1) is 20.9. The number of rotatable bonds is 8. The van der Waals surface area contributed by atoms with E-state index < -0.39 is 6.04 Å². The number of aryl methyl sites for hydroxylation is 1. The van der Waals surface area contributed by atoms with E-state index in [0.717, 1.165) is 22.4 Å². The molecule has 0 saturated carbocycles. The molecule has 0 aliphatic carbocycles. The van der Waals surface area contributed by atoms with Crippen molar-refractivity contribution in [2.45, 2.75) is 53.5 Å². The molecular formula is C20H30N2O3. The third kappa shape index (κ3) is 6.70. The fourth-order valence-electron chi connectivity index (χ4n) is 2.71. The van der Waals surface area contributed by atoms with Crippen LogP contribution >= 0.6 is 0 Å². The van der Waals surface area contributed by atoms with Gasteiger partial charge in [0.1, 0.15) is 0 Å². The number of carbonyl (C=O) groups excluding carboxylic acids is 2. The van der Waals surface area contributed by atoms with Crippen LogP contribution < -0.4 is 11.1 Å². The highest BCUT2D eigenvalue weighted by Gasteiger charge is 2.25. The van der Waals surface area contributed by atoms with E-state index in [0.29, 0.717) is 19.4 Å². The maximum atomic E-state index is 12.5. The van der Waals surface area contributed by atoms with Crippen LogP contribution in [0.25, 0.3) is 0 Å². The van der Waals surface area contributed by atoms with Crippen molar-refractivity contribution >= 4 is 17.6 Å². The van der Waals surface area contributed by atoms with Gasteiger partial charge in [-0.1, -0.05) is 35.8 Å². The van der Waals surface area contributed by atoms with E-state index >= 15 is 0 Å². The van der Waals surface area contributed by atoms with E-state index in [1.54, 1.807) is 6.92 Å². The molecular weight excluding hydrogens is 316 g/mol. The Hall–Kier alpha value is -2.14. The molecule has 1 rings (SSSR count). The van der Waals surface area contributed by atoms with Gasteiger partial charge in [0.15, 0.2) is 0 Å². The second-order valence-electron chi connectivity index (χ2n) is 6.50. The Morgan fingerprint density at radius 2 is 1.76 bits per heavy atom. The number of nitrogens with one attached hydrogen (secondary N) is 1. The monoisotopic (exact) mass is 346 g/mol. The summed E-state index contributed by atoms with van der Waals surface area (Å²) < 4.78 is 4.98. The van der Waals surface area contributed by atoms with Crippen LogP contribution in [0.5, 0.6) is 0 Å². The number of hydrogen-bond donors (Lipinski definition) is 2. The van der Waals surface area contributed by atoms with Crippen molar-refractivity contribution in [2.24, 2.45) is 11.7 Å². The molecule has 1 aromatic carbocycles. The van der Waals surface area contributed by atoms with Crippen molar-refractivity contribution in [3.05, 3.63) is 41.0 Å². The zero-order valence-corrected chi connectivity index (χ0v) is 15.9. The summed E-state index contributed by atoms with van der Waals surface area (Å²) in [5, 5.41) is 2.85. The van der Waals surface area contributed by atoms with Crippen molar-refractivity contribution in [1.29, 1.82) is 0 Å². The Morgan fingerprint density at radius 1 is 1.16 bits per heavy atom. The molecule has 0 radical (unpaired) electrons. The van der Waals surface area contributed by atoms with Crippen molar-refractivity contribution in [3.63, 3.8) is 0 Å². The lowest BCUT2D eigenvalue weighted by Gasteiger charge is -2.24. The molecule has 0 saturated heterocycles. The van der Waals surface area contributed by atoms with Gasteiger partial charge in [0, 0.05) is 18.0 Å². The smallest absolute Gasteiger partial charge is 0.306 e. The third-order valence-corrected chi connectivity index (χ3v) is 4.26. The minimum atomic E-state index is -0.687. The molecule has 5 nitrogen and oxygen atoms in total. The molecule has 1 aromatic rings. The summed E-state index contributed by atoms with van der Waals surface area (Å²) in [5.74, 6) is -0.623. The van der Waals surface area contributed by atoms with Crippen molar-refractivity contribution in [3.8, 4) is 0 Å². The predicted molar refractivity (Wildman–Crippen MR) is 101 cm³/mol. The molecule has 25 heavy (non-hydrogen) atoms. The SMILES string of the molecule is CCOC(=O)CCC(=C(C)C)C(C)C(N)C(=O)Nc1ccc(C)cc1. The van der Waals surface area contributed by atoms with Gasteiger partial charge in [0.05, 0.1) is 12.6 Å². The minimum absolute atomic E-state index is 0.162. The second-order valence-corrected chi connectivity index (χ2v) is 6.50. The molecule has 3 N–H and O–H groups in total. The van der Waals surface area contributed by atoms with Crippen molar-refractivity contribution in [2.75, 3.05) is 11.9 Å². The van der Waals surface area contributed by atoms with Gasteiger partial charge in [-0.3, -0.25) is 9.59 Å². The van der Waals surface area contributed by atoms with E-state index in [9.17, 15) is 9.59 Å². The number of ether oxygens (including phenoxy) is 1.